The van der Waals surface area contributed by atoms with Gasteiger partial charge in [-0.3, -0.25) is 4.79 Å². The Balaban J connectivity index is 3.51. The SMILES string of the molecule is O=C(CC(O)(C(F)(F)F)C(F)(F)F)c1ccc(C(F)(F)F)cc1C(F)(F)F. The van der Waals surface area contributed by atoms with Crippen LogP contribution in [0.25, 0.3) is 0 Å². The van der Waals surface area contributed by atoms with Crippen LogP contribution in [0.3, 0.4) is 0 Å². The molecule has 0 atom stereocenters. The van der Waals surface area contributed by atoms with Gasteiger partial charge in [0.25, 0.3) is 5.60 Å². The highest BCUT2D eigenvalue weighted by Crippen LogP contribution is 2.46. The third-order valence-corrected chi connectivity index (χ3v) is 3.31. The van der Waals surface area contributed by atoms with Crippen LogP contribution in [0.2, 0.25) is 0 Å². The molecule has 27 heavy (non-hydrogen) atoms. The van der Waals surface area contributed by atoms with Gasteiger partial charge in [0.1, 0.15) is 0 Å². The van der Waals surface area contributed by atoms with E-state index in [-0.39, 0.29) is 12.1 Å². The van der Waals surface area contributed by atoms with E-state index >= 15 is 0 Å². The molecule has 1 rings (SSSR count). The van der Waals surface area contributed by atoms with Crippen molar-refractivity contribution in [1.82, 2.24) is 0 Å². The maximum Gasteiger partial charge on any atom is 0.426 e. The minimum absolute atomic E-state index is 0.122. The summed E-state index contributed by atoms with van der Waals surface area (Å²) in [6.45, 7) is 0. The van der Waals surface area contributed by atoms with E-state index in [2.05, 4.69) is 0 Å². The fraction of sp³-hybridized carbons (Fsp3) is 0.462. The number of benzene rings is 1. The van der Waals surface area contributed by atoms with E-state index in [0.29, 0.717) is 0 Å². The van der Waals surface area contributed by atoms with Gasteiger partial charge in [0.15, 0.2) is 5.78 Å². The van der Waals surface area contributed by atoms with Crippen LogP contribution in [-0.4, -0.2) is 28.8 Å². The lowest BCUT2D eigenvalue weighted by molar-refractivity contribution is -0.365. The number of hydrogen-bond donors (Lipinski definition) is 1. The first-order valence-electron chi connectivity index (χ1n) is 6.39. The smallest absolute Gasteiger partial charge is 0.373 e. The molecule has 0 aliphatic carbocycles. The first-order chi connectivity index (χ1) is 11.7. The minimum Gasteiger partial charge on any atom is -0.373 e. The summed E-state index contributed by atoms with van der Waals surface area (Å²) in [6, 6.07) is -0.961. The molecule has 0 unspecified atom stereocenters. The normalized spacial score (nSPS) is 14.4. The number of carbonyl (C=O) groups excluding carboxylic acids is 1. The predicted molar refractivity (Wildman–Crippen MR) is 62.5 cm³/mol. The Bertz CT molecular complexity index is 694. The van der Waals surface area contributed by atoms with Gasteiger partial charge in [-0.2, -0.15) is 52.7 Å². The maximum atomic E-state index is 12.9. The van der Waals surface area contributed by atoms with Gasteiger partial charge in [-0.05, 0) is 12.1 Å². The van der Waals surface area contributed by atoms with Crippen molar-refractivity contribution in [3.63, 3.8) is 0 Å². The molecule has 0 bridgehead atoms. The van der Waals surface area contributed by atoms with E-state index in [4.69, 9.17) is 5.11 Å². The van der Waals surface area contributed by atoms with Crippen LogP contribution in [0.15, 0.2) is 18.2 Å². The molecule has 1 aromatic carbocycles. The summed E-state index contributed by atoms with van der Waals surface area (Å²) in [6.07, 6.45) is -26.9. The summed E-state index contributed by atoms with van der Waals surface area (Å²) in [5.41, 5.74) is -11.9. The fourth-order valence-corrected chi connectivity index (χ4v) is 1.89. The maximum absolute atomic E-state index is 12.9. The van der Waals surface area contributed by atoms with Crippen LogP contribution < -0.4 is 0 Å². The largest absolute Gasteiger partial charge is 0.426 e. The summed E-state index contributed by atoms with van der Waals surface area (Å²) in [7, 11) is 0. The number of hydrogen-bond acceptors (Lipinski definition) is 2. The molecule has 0 spiro atoms. The number of alkyl halides is 12. The molecule has 0 aliphatic heterocycles. The molecular formula is C13H6F12O2. The van der Waals surface area contributed by atoms with Crippen molar-refractivity contribution in [3.05, 3.63) is 34.9 Å². The quantitative estimate of drug-likeness (QED) is 0.541. The van der Waals surface area contributed by atoms with Crippen molar-refractivity contribution in [3.8, 4) is 0 Å². The third-order valence-electron chi connectivity index (χ3n) is 3.31. The van der Waals surface area contributed by atoms with E-state index in [9.17, 15) is 57.5 Å². The predicted octanol–water partition coefficient (Wildman–Crippen LogP) is 5.15. The molecule has 154 valence electrons. The van der Waals surface area contributed by atoms with Gasteiger partial charge in [0.2, 0.25) is 0 Å². The van der Waals surface area contributed by atoms with E-state index in [1.54, 1.807) is 0 Å². The lowest BCUT2D eigenvalue weighted by Crippen LogP contribution is -2.58. The van der Waals surface area contributed by atoms with Gasteiger partial charge in [0.05, 0.1) is 17.5 Å². The zero-order chi connectivity index (χ0) is 21.6. The monoisotopic (exact) mass is 422 g/mol. The second kappa shape index (κ2) is 6.56. The summed E-state index contributed by atoms with van der Waals surface area (Å²) in [5, 5.41) is 8.86. The van der Waals surface area contributed by atoms with E-state index in [1.807, 2.05) is 0 Å². The first-order valence-corrected chi connectivity index (χ1v) is 6.39. The Kier molecular flexibility index (Phi) is 5.60. The molecule has 14 heteroatoms. The first kappa shape index (κ1) is 23.0. The third kappa shape index (κ3) is 4.65. The Morgan fingerprint density at radius 1 is 0.778 bits per heavy atom. The van der Waals surface area contributed by atoms with E-state index in [0.717, 1.165) is 0 Å². The van der Waals surface area contributed by atoms with Gasteiger partial charge in [-0.25, -0.2) is 0 Å². The minimum atomic E-state index is -6.49. The standard InChI is InChI=1S/C13H6F12O2/c14-10(15,16)5-1-2-6(7(3-5)11(17,18)19)8(26)4-9(27,12(20,21)22)13(23,24)25/h1-3,27H,4H2. The lowest BCUT2D eigenvalue weighted by Gasteiger charge is -2.32. The summed E-state index contributed by atoms with van der Waals surface area (Å²) in [4.78, 5) is 11.6. The number of carbonyl (C=O) groups is 1. The summed E-state index contributed by atoms with van der Waals surface area (Å²) in [5.74, 6) is -2.51. The molecule has 0 heterocycles. The summed E-state index contributed by atoms with van der Waals surface area (Å²) < 4.78 is 151. The molecule has 0 aliphatic rings. The highest BCUT2D eigenvalue weighted by atomic mass is 19.4. The number of Topliss-reactive ketones (excluding diaryl/α,β-unsaturated/α-hetero) is 1. The molecule has 0 radical (unpaired) electrons. The molecule has 0 amide bonds. The molecule has 2 nitrogen and oxygen atoms in total. The van der Waals surface area contributed by atoms with Gasteiger partial charge in [-0.15, -0.1) is 0 Å². The number of halogens is 12. The molecular weight excluding hydrogens is 416 g/mol. The van der Waals surface area contributed by atoms with Crippen LogP contribution in [0.1, 0.15) is 27.9 Å². The van der Waals surface area contributed by atoms with Crippen LogP contribution >= 0.6 is 0 Å². The molecule has 1 N–H and O–H groups in total. The van der Waals surface area contributed by atoms with Gasteiger partial charge in [0, 0.05) is 5.56 Å². The molecule has 0 fully saturated rings. The van der Waals surface area contributed by atoms with Gasteiger partial charge in [-0.1, -0.05) is 6.07 Å². The van der Waals surface area contributed by atoms with E-state index in [1.165, 1.54) is 0 Å². The van der Waals surface area contributed by atoms with Crippen molar-refractivity contribution in [2.45, 2.75) is 36.7 Å². The summed E-state index contributed by atoms with van der Waals surface area (Å²) >= 11 is 0. The zero-order valence-corrected chi connectivity index (χ0v) is 12.3. The lowest BCUT2D eigenvalue weighted by atomic mass is 9.90. The average molecular weight is 422 g/mol. The van der Waals surface area contributed by atoms with Crippen LogP contribution in [0.5, 0.6) is 0 Å². The zero-order valence-electron chi connectivity index (χ0n) is 12.3. The number of aliphatic hydroxyl groups is 1. The second-order valence-electron chi connectivity index (χ2n) is 5.21. The Hall–Kier alpha value is -1.99. The van der Waals surface area contributed by atoms with Gasteiger partial charge < -0.3 is 5.11 Å². The Morgan fingerprint density at radius 3 is 1.56 bits per heavy atom. The number of rotatable bonds is 3. The van der Waals surface area contributed by atoms with Crippen molar-refractivity contribution in [2.24, 2.45) is 0 Å². The Labute approximate surface area is 141 Å². The van der Waals surface area contributed by atoms with Crippen molar-refractivity contribution >= 4 is 5.78 Å². The fourth-order valence-electron chi connectivity index (χ4n) is 1.89. The number of ketones is 1. The highest BCUT2D eigenvalue weighted by molar-refractivity contribution is 5.98. The Morgan fingerprint density at radius 2 is 1.22 bits per heavy atom. The molecule has 0 saturated heterocycles. The van der Waals surface area contributed by atoms with Gasteiger partial charge >= 0.3 is 24.7 Å². The topological polar surface area (TPSA) is 37.3 Å². The van der Waals surface area contributed by atoms with Crippen molar-refractivity contribution in [2.75, 3.05) is 0 Å². The molecule has 0 aromatic heterocycles. The van der Waals surface area contributed by atoms with Crippen molar-refractivity contribution in [1.29, 1.82) is 0 Å². The van der Waals surface area contributed by atoms with Crippen LogP contribution in [-0.2, 0) is 12.4 Å². The molecule has 0 saturated carbocycles. The second-order valence-corrected chi connectivity index (χ2v) is 5.21. The van der Waals surface area contributed by atoms with Crippen LogP contribution in [0, 0.1) is 0 Å². The molecule has 1 aromatic rings. The average Bonchev–Trinajstić information content (AvgIpc) is 2.42. The highest BCUT2D eigenvalue weighted by Gasteiger charge is 2.71. The van der Waals surface area contributed by atoms with Crippen LogP contribution in [0.4, 0.5) is 52.7 Å². The van der Waals surface area contributed by atoms with Crippen molar-refractivity contribution < 1.29 is 62.6 Å². The van der Waals surface area contributed by atoms with E-state index < -0.39 is 65.3 Å².